The molecule has 2 aromatic carbocycles. The summed E-state index contributed by atoms with van der Waals surface area (Å²) in [5.41, 5.74) is 7.89. The second-order valence-electron chi connectivity index (χ2n) is 4.48. The summed E-state index contributed by atoms with van der Waals surface area (Å²) in [6.45, 7) is 1.95. The van der Waals surface area contributed by atoms with E-state index in [4.69, 9.17) is 29.6 Å². The Balaban J connectivity index is 2.18. The third kappa shape index (κ3) is 3.46. The standard InChI is InChI=1S/C15H14ClFN2S/c1-9(10-3-2-4-11(17)7-10)19-12-5-6-13(15(18)20)14(16)8-12/h2-9,19H,1H3,(H2,18,20). The lowest BCUT2D eigenvalue weighted by Gasteiger charge is -2.16. The van der Waals surface area contributed by atoms with Gasteiger partial charge in [-0.15, -0.1) is 0 Å². The highest BCUT2D eigenvalue weighted by molar-refractivity contribution is 7.80. The molecule has 0 radical (unpaired) electrons. The number of hydrogen-bond acceptors (Lipinski definition) is 2. The normalized spacial score (nSPS) is 11.9. The molecule has 2 rings (SSSR count). The van der Waals surface area contributed by atoms with Gasteiger partial charge in [-0.05, 0) is 42.8 Å². The molecule has 0 aromatic heterocycles. The lowest BCUT2D eigenvalue weighted by Crippen LogP contribution is -2.11. The fourth-order valence-corrected chi connectivity index (χ4v) is 2.43. The molecule has 0 aliphatic heterocycles. The highest BCUT2D eigenvalue weighted by Gasteiger charge is 2.08. The van der Waals surface area contributed by atoms with Gasteiger partial charge >= 0.3 is 0 Å². The molecule has 0 saturated carbocycles. The van der Waals surface area contributed by atoms with E-state index in [2.05, 4.69) is 5.32 Å². The summed E-state index contributed by atoms with van der Waals surface area (Å²) in [6.07, 6.45) is 0. The monoisotopic (exact) mass is 308 g/mol. The van der Waals surface area contributed by atoms with Crippen LogP contribution in [-0.2, 0) is 0 Å². The summed E-state index contributed by atoms with van der Waals surface area (Å²) >= 11 is 11.0. The van der Waals surface area contributed by atoms with Crippen LogP contribution >= 0.6 is 23.8 Å². The highest BCUT2D eigenvalue weighted by atomic mass is 35.5. The molecule has 0 fully saturated rings. The number of benzene rings is 2. The van der Waals surface area contributed by atoms with Crippen molar-refractivity contribution in [2.24, 2.45) is 5.73 Å². The SMILES string of the molecule is CC(Nc1ccc(C(N)=S)c(Cl)c1)c1cccc(F)c1. The molecule has 0 aliphatic rings. The second kappa shape index (κ2) is 6.20. The van der Waals surface area contributed by atoms with Crippen molar-refractivity contribution < 1.29 is 4.39 Å². The van der Waals surface area contributed by atoms with Crippen LogP contribution in [0.25, 0.3) is 0 Å². The fraction of sp³-hybridized carbons (Fsp3) is 0.133. The van der Waals surface area contributed by atoms with E-state index in [1.165, 1.54) is 12.1 Å². The molecule has 5 heteroatoms. The van der Waals surface area contributed by atoms with Gasteiger partial charge in [0.1, 0.15) is 10.8 Å². The van der Waals surface area contributed by atoms with Crippen LogP contribution in [0.2, 0.25) is 5.02 Å². The number of hydrogen-bond donors (Lipinski definition) is 2. The summed E-state index contributed by atoms with van der Waals surface area (Å²) in [5, 5.41) is 3.75. The van der Waals surface area contributed by atoms with Gasteiger partial charge in [-0.1, -0.05) is 36.0 Å². The zero-order chi connectivity index (χ0) is 14.7. The van der Waals surface area contributed by atoms with Crippen LogP contribution in [0.3, 0.4) is 0 Å². The molecular formula is C15H14ClFN2S. The van der Waals surface area contributed by atoms with Crippen molar-refractivity contribution in [3.63, 3.8) is 0 Å². The Morgan fingerprint density at radius 3 is 2.65 bits per heavy atom. The van der Waals surface area contributed by atoms with Gasteiger partial charge in [0.2, 0.25) is 0 Å². The van der Waals surface area contributed by atoms with Crippen LogP contribution in [0, 0.1) is 5.82 Å². The number of thiocarbonyl (C=S) groups is 1. The van der Waals surface area contributed by atoms with E-state index in [0.717, 1.165) is 11.3 Å². The first-order chi connectivity index (χ1) is 9.47. The number of nitrogens with one attached hydrogen (secondary N) is 1. The predicted octanol–water partition coefficient (Wildman–Crippen LogP) is 4.29. The van der Waals surface area contributed by atoms with Crippen molar-refractivity contribution in [2.45, 2.75) is 13.0 Å². The zero-order valence-electron chi connectivity index (χ0n) is 10.9. The Morgan fingerprint density at radius 2 is 2.05 bits per heavy atom. The number of nitrogens with two attached hydrogens (primary N) is 1. The molecule has 104 valence electrons. The van der Waals surface area contributed by atoms with Crippen molar-refractivity contribution in [3.05, 3.63) is 64.4 Å². The summed E-state index contributed by atoms with van der Waals surface area (Å²) in [6, 6.07) is 11.8. The van der Waals surface area contributed by atoms with Crippen LogP contribution < -0.4 is 11.1 Å². The largest absolute Gasteiger partial charge is 0.389 e. The zero-order valence-corrected chi connectivity index (χ0v) is 12.4. The average molecular weight is 309 g/mol. The van der Waals surface area contributed by atoms with Gasteiger partial charge in [0.25, 0.3) is 0 Å². The first kappa shape index (κ1) is 14.8. The molecule has 2 nitrogen and oxygen atoms in total. The van der Waals surface area contributed by atoms with Crippen LogP contribution in [0.5, 0.6) is 0 Å². The smallest absolute Gasteiger partial charge is 0.123 e. The molecule has 1 atom stereocenters. The summed E-state index contributed by atoms with van der Waals surface area (Å²) in [5.74, 6) is -0.252. The van der Waals surface area contributed by atoms with Crippen molar-refractivity contribution >= 4 is 34.5 Å². The van der Waals surface area contributed by atoms with Crippen molar-refractivity contribution in [1.82, 2.24) is 0 Å². The van der Waals surface area contributed by atoms with Crippen molar-refractivity contribution in [2.75, 3.05) is 5.32 Å². The lowest BCUT2D eigenvalue weighted by atomic mass is 10.1. The Labute approximate surface area is 127 Å². The Kier molecular flexibility index (Phi) is 4.57. The quantitative estimate of drug-likeness (QED) is 0.828. The molecule has 20 heavy (non-hydrogen) atoms. The van der Waals surface area contributed by atoms with Crippen molar-refractivity contribution in [1.29, 1.82) is 0 Å². The molecule has 0 saturated heterocycles. The van der Waals surface area contributed by atoms with Gasteiger partial charge in [0.05, 0.1) is 5.02 Å². The summed E-state index contributed by atoms with van der Waals surface area (Å²) < 4.78 is 13.2. The minimum absolute atomic E-state index is 0.0440. The van der Waals surface area contributed by atoms with Crippen molar-refractivity contribution in [3.8, 4) is 0 Å². The summed E-state index contributed by atoms with van der Waals surface area (Å²) in [4.78, 5) is 0.264. The van der Waals surface area contributed by atoms with Gasteiger partial charge in [-0.25, -0.2) is 4.39 Å². The van der Waals surface area contributed by atoms with E-state index in [-0.39, 0.29) is 16.8 Å². The van der Waals surface area contributed by atoms with Crippen LogP contribution in [0.1, 0.15) is 24.1 Å². The van der Waals surface area contributed by atoms with E-state index in [1.54, 1.807) is 18.2 Å². The first-order valence-corrected chi connectivity index (χ1v) is 6.87. The van der Waals surface area contributed by atoms with Gasteiger partial charge in [0, 0.05) is 17.3 Å². The number of rotatable bonds is 4. The van der Waals surface area contributed by atoms with Crippen LogP contribution in [0.4, 0.5) is 10.1 Å². The van der Waals surface area contributed by atoms with E-state index in [0.29, 0.717) is 10.6 Å². The van der Waals surface area contributed by atoms with Crippen LogP contribution in [-0.4, -0.2) is 4.99 Å². The topological polar surface area (TPSA) is 38.0 Å². The minimum atomic E-state index is -0.252. The van der Waals surface area contributed by atoms with E-state index >= 15 is 0 Å². The maximum atomic E-state index is 13.2. The third-order valence-corrected chi connectivity index (χ3v) is 3.50. The Hall–Kier alpha value is -1.65. The fourth-order valence-electron chi connectivity index (χ4n) is 1.91. The third-order valence-electron chi connectivity index (χ3n) is 2.97. The molecular weight excluding hydrogens is 295 g/mol. The minimum Gasteiger partial charge on any atom is -0.389 e. The maximum absolute atomic E-state index is 13.2. The number of halogens is 2. The molecule has 0 heterocycles. The van der Waals surface area contributed by atoms with E-state index in [1.807, 2.05) is 19.1 Å². The molecule has 0 spiro atoms. The molecule has 0 aliphatic carbocycles. The van der Waals surface area contributed by atoms with E-state index in [9.17, 15) is 4.39 Å². The van der Waals surface area contributed by atoms with Gasteiger partial charge in [0.15, 0.2) is 0 Å². The molecule has 1 unspecified atom stereocenters. The Bertz CT molecular complexity index is 646. The highest BCUT2D eigenvalue weighted by Crippen LogP contribution is 2.24. The summed E-state index contributed by atoms with van der Waals surface area (Å²) in [7, 11) is 0. The van der Waals surface area contributed by atoms with Gasteiger partial charge in [-0.3, -0.25) is 0 Å². The average Bonchev–Trinajstić information content (AvgIpc) is 2.38. The van der Waals surface area contributed by atoms with Crippen LogP contribution in [0.15, 0.2) is 42.5 Å². The second-order valence-corrected chi connectivity index (χ2v) is 5.33. The van der Waals surface area contributed by atoms with Gasteiger partial charge < -0.3 is 11.1 Å². The first-order valence-electron chi connectivity index (χ1n) is 6.08. The van der Waals surface area contributed by atoms with E-state index < -0.39 is 0 Å². The molecule has 0 amide bonds. The molecule has 0 bridgehead atoms. The lowest BCUT2D eigenvalue weighted by molar-refractivity contribution is 0.623. The predicted molar refractivity (Wildman–Crippen MR) is 85.8 cm³/mol. The van der Waals surface area contributed by atoms with Gasteiger partial charge in [-0.2, -0.15) is 0 Å². The Morgan fingerprint density at radius 1 is 1.30 bits per heavy atom. The molecule has 2 aromatic rings. The number of anilines is 1. The molecule has 3 N–H and O–H groups in total. The maximum Gasteiger partial charge on any atom is 0.123 e.